The van der Waals surface area contributed by atoms with Crippen molar-refractivity contribution in [3.63, 3.8) is 0 Å². The maximum Gasteiger partial charge on any atom is 0.339 e. The summed E-state index contributed by atoms with van der Waals surface area (Å²) in [5.41, 5.74) is 0.124. The summed E-state index contributed by atoms with van der Waals surface area (Å²) >= 11 is 11.6. The van der Waals surface area contributed by atoms with Gasteiger partial charge in [0.1, 0.15) is 5.82 Å². The lowest BCUT2D eigenvalue weighted by Crippen LogP contribution is -2.30. The molecule has 0 heterocycles. The van der Waals surface area contributed by atoms with E-state index in [1.54, 1.807) is 6.07 Å². The first-order valence-corrected chi connectivity index (χ1v) is 7.35. The standard InChI is InChI=1S/C16H12Cl2FNO3/c1-9(15(21)20-14-5-3-2-4-13(14)19)23-16(22)10-6-11(17)8-12(18)7-10/h2-9H,1H3,(H,20,21). The molecule has 0 saturated heterocycles. The number of hydrogen-bond donors (Lipinski definition) is 1. The summed E-state index contributed by atoms with van der Waals surface area (Å²) in [6.45, 7) is 1.38. The van der Waals surface area contributed by atoms with E-state index in [9.17, 15) is 14.0 Å². The van der Waals surface area contributed by atoms with Crippen LogP contribution in [0, 0.1) is 5.82 Å². The van der Waals surface area contributed by atoms with Gasteiger partial charge in [0, 0.05) is 10.0 Å². The average molecular weight is 356 g/mol. The van der Waals surface area contributed by atoms with Gasteiger partial charge in [0.15, 0.2) is 6.10 Å². The van der Waals surface area contributed by atoms with E-state index >= 15 is 0 Å². The van der Waals surface area contributed by atoms with Crippen LogP contribution in [0.15, 0.2) is 42.5 Å². The van der Waals surface area contributed by atoms with Gasteiger partial charge in [0.05, 0.1) is 11.3 Å². The first-order chi connectivity index (χ1) is 10.9. The fourth-order valence-electron chi connectivity index (χ4n) is 1.75. The smallest absolute Gasteiger partial charge is 0.339 e. The number of halogens is 3. The molecule has 2 aromatic carbocycles. The molecular formula is C16H12Cl2FNO3. The van der Waals surface area contributed by atoms with E-state index in [1.807, 2.05) is 0 Å². The molecule has 1 amide bonds. The van der Waals surface area contributed by atoms with Crippen LogP contribution in [-0.4, -0.2) is 18.0 Å². The summed E-state index contributed by atoms with van der Waals surface area (Å²) in [6, 6.07) is 9.89. The zero-order valence-corrected chi connectivity index (χ0v) is 13.5. The van der Waals surface area contributed by atoms with Gasteiger partial charge in [-0.05, 0) is 37.3 Å². The summed E-state index contributed by atoms with van der Waals surface area (Å²) in [6.07, 6.45) is -1.13. The fraction of sp³-hybridized carbons (Fsp3) is 0.125. The van der Waals surface area contributed by atoms with Gasteiger partial charge in [-0.3, -0.25) is 4.79 Å². The Labute approximate surface area is 142 Å². The number of benzene rings is 2. The third kappa shape index (κ3) is 4.68. The van der Waals surface area contributed by atoms with E-state index < -0.39 is 23.8 Å². The molecule has 0 radical (unpaired) electrons. The van der Waals surface area contributed by atoms with Gasteiger partial charge in [-0.15, -0.1) is 0 Å². The number of carbonyl (C=O) groups excluding carboxylic acids is 2. The minimum absolute atomic E-state index is 0.00574. The number of nitrogens with one attached hydrogen (secondary N) is 1. The highest BCUT2D eigenvalue weighted by Gasteiger charge is 2.20. The molecule has 0 aliphatic carbocycles. The number of anilines is 1. The number of carbonyl (C=O) groups is 2. The number of amides is 1. The normalized spacial score (nSPS) is 11.7. The van der Waals surface area contributed by atoms with Crippen molar-refractivity contribution in [2.75, 3.05) is 5.32 Å². The fourth-order valence-corrected chi connectivity index (χ4v) is 2.28. The molecule has 0 fully saturated rings. The zero-order chi connectivity index (χ0) is 17.0. The van der Waals surface area contributed by atoms with Crippen LogP contribution in [0.4, 0.5) is 10.1 Å². The van der Waals surface area contributed by atoms with Crippen LogP contribution in [0.2, 0.25) is 10.0 Å². The molecule has 0 saturated carbocycles. The molecule has 4 nitrogen and oxygen atoms in total. The molecule has 2 rings (SSSR count). The number of para-hydroxylation sites is 1. The first kappa shape index (κ1) is 17.2. The average Bonchev–Trinajstić information content (AvgIpc) is 2.48. The molecule has 0 bridgehead atoms. The molecule has 2 aromatic rings. The van der Waals surface area contributed by atoms with Crippen LogP contribution in [0.5, 0.6) is 0 Å². The second-order valence-electron chi connectivity index (χ2n) is 4.67. The van der Waals surface area contributed by atoms with Gasteiger partial charge in [0.25, 0.3) is 5.91 Å². The minimum atomic E-state index is -1.13. The summed E-state index contributed by atoms with van der Waals surface area (Å²) in [7, 11) is 0. The van der Waals surface area contributed by atoms with E-state index in [0.717, 1.165) is 0 Å². The Balaban J connectivity index is 2.03. The summed E-state index contributed by atoms with van der Waals surface area (Å²) in [5.74, 6) is -2.00. The Morgan fingerprint density at radius 3 is 2.35 bits per heavy atom. The van der Waals surface area contributed by atoms with Crippen molar-refractivity contribution in [3.8, 4) is 0 Å². The van der Waals surface area contributed by atoms with Crippen molar-refractivity contribution >= 4 is 40.8 Å². The highest BCUT2D eigenvalue weighted by molar-refractivity contribution is 6.35. The largest absolute Gasteiger partial charge is 0.449 e. The lowest BCUT2D eigenvalue weighted by Gasteiger charge is -2.14. The maximum atomic E-state index is 13.5. The van der Waals surface area contributed by atoms with Crippen molar-refractivity contribution in [3.05, 3.63) is 63.9 Å². The highest BCUT2D eigenvalue weighted by Crippen LogP contribution is 2.20. The number of rotatable bonds is 4. The molecule has 1 N–H and O–H groups in total. The van der Waals surface area contributed by atoms with Crippen LogP contribution < -0.4 is 5.32 Å². The summed E-state index contributed by atoms with van der Waals surface area (Å²) in [4.78, 5) is 23.9. The van der Waals surface area contributed by atoms with Crippen molar-refractivity contribution in [1.29, 1.82) is 0 Å². The lowest BCUT2D eigenvalue weighted by atomic mass is 10.2. The van der Waals surface area contributed by atoms with Crippen molar-refractivity contribution in [2.24, 2.45) is 0 Å². The molecule has 0 aliphatic heterocycles. The van der Waals surface area contributed by atoms with Crippen molar-refractivity contribution < 1.29 is 18.7 Å². The number of hydrogen-bond acceptors (Lipinski definition) is 3. The second kappa shape index (κ2) is 7.44. The Morgan fingerprint density at radius 1 is 1.13 bits per heavy atom. The number of esters is 1. The van der Waals surface area contributed by atoms with Gasteiger partial charge in [-0.2, -0.15) is 0 Å². The van der Waals surface area contributed by atoms with Gasteiger partial charge >= 0.3 is 5.97 Å². The Hall–Kier alpha value is -2.11. The topological polar surface area (TPSA) is 55.4 Å². The van der Waals surface area contributed by atoms with E-state index in [-0.39, 0.29) is 21.3 Å². The van der Waals surface area contributed by atoms with E-state index in [4.69, 9.17) is 27.9 Å². The monoisotopic (exact) mass is 355 g/mol. The van der Waals surface area contributed by atoms with E-state index in [0.29, 0.717) is 0 Å². The Morgan fingerprint density at radius 2 is 1.74 bits per heavy atom. The minimum Gasteiger partial charge on any atom is -0.449 e. The molecule has 120 valence electrons. The maximum absolute atomic E-state index is 13.5. The summed E-state index contributed by atoms with van der Waals surface area (Å²) < 4.78 is 18.5. The SMILES string of the molecule is CC(OC(=O)c1cc(Cl)cc(Cl)c1)C(=O)Nc1ccccc1F. The predicted octanol–water partition coefficient (Wildman–Crippen LogP) is 4.32. The van der Waals surface area contributed by atoms with Crippen molar-refractivity contribution in [1.82, 2.24) is 0 Å². The second-order valence-corrected chi connectivity index (χ2v) is 5.55. The molecule has 0 spiro atoms. The molecule has 0 aromatic heterocycles. The van der Waals surface area contributed by atoms with E-state index in [2.05, 4.69) is 5.32 Å². The molecule has 23 heavy (non-hydrogen) atoms. The van der Waals surface area contributed by atoms with Crippen molar-refractivity contribution in [2.45, 2.75) is 13.0 Å². The summed E-state index contributed by atoms with van der Waals surface area (Å²) in [5, 5.41) is 2.89. The molecule has 0 aliphatic rings. The Kier molecular flexibility index (Phi) is 5.58. The molecule has 1 unspecified atom stereocenters. The number of ether oxygens (including phenoxy) is 1. The third-order valence-electron chi connectivity index (χ3n) is 2.88. The van der Waals surface area contributed by atoms with Gasteiger partial charge in [-0.25, -0.2) is 9.18 Å². The molecule has 1 atom stereocenters. The van der Waals surface area contributed by atoms with Crippen LogP contribution in [0.1, 0.15) is 17.3 Å². The predicted molar refractivity (Wildman–Crippen MR) is 86.4 cm³/mol. The van der Waals surface area contributed by atoms with Gasteiger partial charge in [0.2, 0.25) is 0 Å². The highest BCUT2D eigenvalue weighted by atomic mass is 35.5. The zero-order valence-electron chi connectivity index (χ0n) is 12.0. The molecular weight excluding hydrogens is 344 g/mol. The Bertz CT molecular complexity index is 732. The van der Waals surface area contributed by atoms with Crippen LogP contribution >= 0.6 is 23.2 Å². The van der Waals surface area contributed by atoms with Gasteiger partial charge < -0.3 is 10.1 Å². The molecule has 7 heteroatoms. The quantitative estimate of drug-likeness (QED) is 0.831. The lowest BCUT2D eigenvalue weighted by molar-refractivity contribution is -0.123. The first-order valence-electron chi connectivity index (χ1n) is 6.59. The third-order valence-corrected chi connectivity index (χ3v) is 3.32. The van der Waals surface area contributed by atoms with Crippen LogP contribution in [0.25, 0.3) is 0 Å². The van der Waals surface area contributed by atoms with E-state index in [1.165, 1.54) is 43.3 Å². The van der Waals surface area contributed by atoms with Gasteiger partial charge in [-0.1, -0.05) is 35.3 Å². The van der Waals surface area contributed by atoms with Crippen LogP contribution in [0.3, 0.4) is 0 Å². The van der Waals surface area contributed by atoms with Crippen LogP contribution in [-0.2, 0) is 9.53 Å².